The van der Waals surface area contributed by atoms with Gasteiger partial charge in [-0.1, -0.05) is 54.1 Å². The number of anilines is 2. The summed E-state index contributed by atoms with van der Waals surface area (Å²) in [6.07, 6.45) is 0. The van der Waals surface area contributed by atoms with Crippen molar-refractivity contribution in [3.63, 3.8) is 0 Å². The van der Waals surface area contributed by atoms with Crippen molar-refractivity contribution < 1.29 is 8.42 Å². The third-order valence-electron chi connectivity index (χ3n) is 4.65. The van der Waals surface area contributed by atoms with Gasteiger partial charge >= 0.3 is 0 Å². The predicted molar refractivity (Wildman–Crippen MR) is 105 cm³/mol. The van der Waals surface area contributed by atoms with Gasteiger partial charge in [0, 0.05) is 11.3 Å². The highest BCUT2D eigenvalue weighted by molar-refractivity contribution is 7.92. The van der Waals surface area contributed by atoms with Crippen LogP contribution in [0.15, 0.2) is 83.8 Å². The van der Waals surface area contributed by atoms with Crippen LogP contribution in [0.2, 0.25) is 0 Å². The van der Waals surface area contributed by atoms with Gasteiger partial charge in [0.15, 0.2) is 0 Å². The zero-order chi connectivity index (χ0) is 18.1. The first-order valence-corrected chi connectivity index (χ1v) is 9.99. The van der Waals surface area contributed by atoms with Crippen molar-refractivity contribution in [3.8, 4) is 0 Å². The lowest BCUT2D eigenvalue weighted by Gasteiger charge is -2.20. The number of hydrogen-bond donors (Lipinski definition) is 1. The first-order valence-electron chi connectivity index (χ1n) is 8.55. The Kier molecular flexibility index (Phi) is 4.17. The molecule has 4 rings (SSSR count). The molecule has 1 atom stereocenters. The maximum atomic E-state index is 13.2. The summed E-state index contributed by atoms with van der Waals surface area (Å²) >= 11 is 0. The van der Waals surface area contributed by atoms with Crippen LogP contribution >= 0.6 is 0 Å². The molecule has 1 unspecified atom stereocenters. The number of nitrogens with zero attached hydrogens (tertiary/aromatic N) is 1. The summed E-state index contributed by atoms with van der Waals surface area (Å²) in [6, 6.07) is 24.4. The summed E-state index contributed by atoms with van der Waals surface area (Å²) in [5.41, 5.74) is 3.74. The van der Waals surface area contributed by atoms with Crippen molar-refractivity contribution >= 4 is 21.4 Å². The summed E-state index contributed by atoms with van der Waals surface area (Å²) in [5, 5.41) is 3.45. The lowest BCUT2D eigenvalue weighted by molar-refractivity contribution is 0.590. The molecule has 0 aromatic heterocycles. The van der Waals surface area contributed by atoms with E-state index >= 15 is 0 Å². The average molecular weight is 364 g/mol. The monoisotopic (exact) mass is 364 g/mol. The molecule has 0 saturated carbocycles. The summed E-state index contributed by atoms with van der Waals surface area (Å²) < 4.78 is 27.9. The summed E-state index contributed by atoms with van der Waals surface area (Å²) in [7, 11) is -3.60. The fourth-order valence-electron chi connectivity index (χ4n) is 3.30. The summed E-state index contributed by atoms with van der Waals surface area (Å²) in [5.74, 6) is 0. The van der Waals surface area contributed by atoms with Gasteiger partial charge < -0.3 is 5.32 Å². The Bertz CT molecular complexity index is 1020. The molecule has 0 bridgehead atoms. The Balaban J connectivity index is 1.71. The van der Waals surface area contributed by atoms with E-state index in [4.69, 9.17) is 0 Å². The van der Waals surface area contributed by atoms with E-state index in [0.717, 1.165) is 22.5 Å². The van der Waals surface area contributed by atoms with Crippen LogP contribution in [-0.2, 0) is 10.0 Å². The molecule has 1 aliphatic heterocycles. The Hall–Kier alpha value is -2.79. The van der Waals surface area contributed by atoms with E-state index in [2.05, 4.69) is 5.32 Å². The molecule has 26 heavy (non-hydrogen) atoms. The molecule has 1 heterocycles. The highest BCUT2D eigenvalue weighted by atomic mass is 32.2. The lowest BCUT2D eigenvalue weighted by atomic mass is 10.1. The van der Waals surface area contributed by atoms with Gasteiger partial charge in [0.05, 0.1) is 23.2 Å². The van der Waals surface area contributed by atoms with Crippen LogP contribution in [0.25, 0.3) is 0 Å². The highest BCUT2D eigenvalue weighted by Gasteiger charge is 2.36. The lowest BCUT2D eigenvalue weighted by Crippen LogP contribution is -2.31. The smallest absolute Gasteiger partial charge is 0.264 e. The first-order chi connectivity index (χ1) is 12.6. The third kappa shape index (κ3) is 2.95. The Morgan fingerprint density at radius 2 is 1.54 bits per heavy atom. The van der Waals surface area contributed by atoms with Gasteiger partial charge in [-0.25, -0.2) is 8.42 Å². The van der Waals surface area contributed by atoms with Crippen LogP contribution in [0.3, 0.4) is 0 Å². The summed E-state index contributed by atoms with van der Waals surface area (Å²) in [6.45, 7) is 2.31. The number of aryl methyl sites for hydroxylation is 1. The molecule has 0 amide bonds. The van der Waals surface area contributed by atoms with Crippen molar-refractivity contribution in [3.05, 3.63) is 90.0 Å². The fraction of sp³-hybridized carbons (Fsp3) is 0.143. The largest absolute Gasteiger partial charge is 0.376 e. The van der Waals surface area contributed by atoms with E-state index in [1.807, 2.05) is 73.7 Å². The van der Waals surface area contributed by atoms with Gasteiger partial charge in [0.25, 0.3) is 10.0 Å². The molecule has 1 N–H and O–H groups in total. The molecular weight excluding hydrogens is 344 g/mol. The number of nitrogens with one attached hydrogen (secondary N) is 1. The molecule has 3 aromatic rings. The first kappa shape index (κ1) is 16.7. The van der Waals surface area contributed by atoms with E-state index in [1.54, 1.807) is 12.1 Å². The average Bonchev–Trinajstić information content (AvgIpc) is 3.02. The maximum absolute atomic E-state index is 13.2. The number of fused-ring (bicyclic) bond motifs is 1. The SMILES string of the molecule is Cc1ccc(S(=O)(=O)N2CC(Nc3ccccc3)c3ccccc32)cc1. The van der Waals surface area contributed by atoms with Gasteiger partial charge in [-0.05, 0) is 37.3 Å². The van der Waals surface area contributed by atoms with Crippen molar-refractivity contribution in [2.75, 3.05) is 16.2 Å². The zero-order valence-corrected chi connectivity index (χ0v) is 15.3. The van der Waals surface area contributed by atoms with Crippen molar-refractivity contribution in [1.29, 1.82) is 0 Å². The number of sulfonamides is 1. The molecule has 0 aliphatic carbocycles. The number of para-hydroxylation sites is 2. The van der Waals surface area contributed by atoms with Crippen LogP contribution in [0.5, 0.6) is 0 Å². The van der Waals surface area contributed by atoms with Crippen LogP contribution in [0, 0.1) is 6.92 Å². The topological polar surface area (TPSA) is 49.4 Å². The standard InChI is InChI=1S/C21H20N2O2S/c1-16-11-13-18(14-12-16)26(24,25)23-15-20(19-9-5-6-10-21(19)23)22-17-7-3-2-4-8-17/h2-14,20,22H,15H2,1H3. The molecule has 3 aromatic carbocycles. The quantitative estimate of drug-likeness (QED) is 0.748. The van der Waals surface area contributed by atoms with Crippen LogP contribution < -0.4 is 9.62 Å². The number of hydrogen-bond acceptors (Lipinski definition) is 3. The van der Waals surface area contributed by atoms with Crippen LogP contribution in [-0.4, -0.2) is 15.0 Å². The van der Waals surface area contributed by atoms with Gasteiger partial charge in [-0.3, -0.25) is 4.31 Å². The fourth-order valence-corrected chi connectivity index (χ4v) is 4.80. The molecule has 0 fully saturated rings. The van der Waals surface area contributed by atoms with E-state index in [-0.39, 0.29) is 6.04 Å². The molecule has 132 valence electrons. The third-order valence-corrected chi connectivity index (χ3v) is 6.45. The highest BCUT2D eigenvalue weighted by Crippen LogP contribution is 2.39. The second-order valence-electron chi connectivity index (χ2n) is 6.47. The van der Waals surface area contributed by atoms with E-state index in [0.29, 0.717) is 11.4 Å². The summed E-state index contributed by atoms with van der Waals surface area (Å²) in [4.78, 5) is 0.318. The van der Waals surface area contributed by atoms with Gasteiger partial charge in [-0.15, -0.1) is 0 Å². The van der Waals surface area contributed by atoms with Gasteiger partial charge in [0.1, 0.15) is 0 Å². The van der Waals surface area contributed by atoms with E-state index in [1.165, 1.54) is 4.31 Å². The Morgan fingerprint density at radius 1 is 0.885 bits per heavy atom. The van der Waals surface area contributed by atoms with Gasteiger partial charge in [-0.2, -0.15) is 0 Å². The zero-order valence-electron chi connectivity index (χ0n) is 14.5. The second kappa shape index (κ2) is 6.50. The molecule has 0 saturated heterocycles. The second-order valence-corrected chi connectivity index (χ2v) is 8.33. The molecule has 0 radical (unpaired) electrons. The minimum absolute atomic E-state index is 0.0891. The van der Waals surface area contributed by atoms with Crippen molar-refractivity contribution in [2.24, 2.45) is 0 Å². The minimum Gasteiger partial charge on any atom is -0.376 e. The molecule has 4 nitrogen and oxygen atoms in total. The molecule has 1 aliphatic rings. The Labute approximate surface area is 154 Å². The number of rotatable bonds is 4. The molecule has 0 spiro atoms. The normalized spacial score (nSPS) is 16.3. The minimum atomic E-state index is -3.60. The van der Waals surface area contributed by atoms with E-state index in [9.17, 15) is 8.42 Å². The van der Waals surface area contributed by atoms with Crippen molar-refractivity contribution in [1.82, 2.24) is 0 Å². The molecule has 5 heteroatoms. The maximum Gasteiger partial charge on any atom is 0.264 e. The Morgan fingerprint density at radius 3 is 2.27 bits per heavy atom. The number of benzene rings is 3. The van der Waals surface area contributed by atoms with Crippen molar-refractivity contribution in [2.45, 2.75) is 17.9 Å². The predicted octanol–water partition coefficient (Wildman–Crippen LogP) is 4.36. The molecular formula is C21H20N2O2S. The van der Waals surface area contributed by atoms with Crippen LogP contribution in [0.4, 0.5) is 11.4 Å². The van der Waals surface area contributed by atoms with Gasteiger partial charge in [0.2, 0.25) is 0 Å². The van der Waals surface area contributed by atoms with Crippen LogP contribution in [0.1, 0.15) is 17.2 Å². The van der Waals surface area contributed by atoms with E-state index < -0.39 is 10.0 Å².